The van der Waals surface area contributed by atoms with Crippen molar-refractivity contribution in [2.75, 3.05) is 18.0 Å². The van der Waals surface area contributed by atoms with Crippen LogP contribution >= 0.6 is 24.4 Å². The smallest absolute Gasteiger partial charge is 0.251 e. The zero-order chi connectivity index (χ0) is 22.2. The first-order chi connectivity index (χ1) is 15.5. The minimum atomic E-state index is -0.0961. The summed E-state index contributed by atoms with van der Waals surface area (Å²) in [6.07, 6.45) is 6.61. The van der Waals surface area contributed by atoms with Gasteiger partial charge in [-0.15, -0.1) is 0 Å². The number of ketones is 1. The third-order valence-electron chi connectivity index (χ3n) is 5.85. The van der Waals surface area contributed by atoms with Crippen LogP contribution in [-0.4, -0.2) is 32.4 Å². The summed E-state index contributed by atoms with van der Waals surface area (Å²) in [6.45, 7) is 1.85. The Morgan fingerprint density at radius 3 is 2.62 bits per heavy atom. The number of anilines is 1. The van der Waals surface area contributed by atoms with Gasteiger partial charge >= 0.3 is 0 Å². The molecule has 1 aliphatic heterocycles. The number of piperidine rings is 1. The number of pyridine rings is 2. The Balaban J connectivity index is 1.49. The molecule has 0 saturated carbocycles. The molecule has 162 valence electrons. The molecule has 0 unspecified atom stereocenters. The van der Waals surface area contributed by atoms with Gasteiger partial charge in [-0.2, -0.15) is 0 Å². The topological polar surface area (TPSA) is 60.1 Å². The molecule has 0 atom stereocenters. The van der Waals surface area contributed by atoms with Crippen LogP contribution < -0.4 is 10.5 Å². The van der Waals surface area contributed by atoms with Crippen LogP contribution in [0.4, 0.5) is 5.69 Å². The lowest BCUT2D eigenvalue weighted by atomic mass is 10.1. The van der Waals surface area contributed by atoms with Gasteiger partial charge in [-0.25, -0.2) is 4.98 Å². The maximum absolute atomic E-state index is 12.8. The zero-order valence-corrected chi connectivity index (χ0v) is 18.9. The molecule has 4 heterocycles. The zero-order valence-electron chi connectivity index (χ0n) is 17.2. The minimum absolute atomic E-state index is 0.0961. The number of hydrogen-bond acceptors (Lipinski definition) is 5. The molecule has 0 aliphatic carbocycles. The van der Waals surface area contributed by atoms with Gasteiger partial charge in [0.2, 0.25) is 0 Å². The molecule has 1 fully saturated rings. The summed E-state index contributed by atoms with van der Waals surface area (Å²) in [5, 5.41) is 1.57. The molecule has 5 rings (SSSR count). The molecular formula is C24H21ClN4O2S. The van der Waals surface area contributed by atoms with E-state index >= 15 is 0 Å². The second-order valence-electron chi connectivity index (χ2n) is 7.99. The number of Topliss-reactive ketones (excluding diaryl/α,β-unsaturated/α-hetero) is 1. The van der Waals surface area contributed by atoms with E-state index in [4.69, 9.17) is 11.6 Å². The molecule has 0 spiro atoms. The predicted molar refractivity (Wildman–Crippen MR) is 131 cm³/mol. The van der Waals surface area contributed by atoms with Crippen molar-refractivity contribution in [2.45, 2.75) is 19.4 Å². The highest BCUT2D eigenvalue weighted by molar-refractivity contribution is 7.78. The van der Waals surface area contributed by atoms with Gasteiger partial charge in [0.05, 0.1) is 18.4 Å². The predicted octanol–water partition coefficient (Wildman–Crippen LogP) is 4.43. The van der Waals surface area contributed by atoms with Gasteiger partial charge in [0.15, 0.2) is 5.65 Å². The van der Waals surface area contributed by atoms with Gasteiger partial charge < -0.3 is 9.47 Å². The average molecular weight is 465 g/mol. The highest BCUT2D eigenvalue weighted by atomic mass is 35.5. The molecule has 8 heteroatoms. The number of benzene rings is 1. The molecule has 6 nitrogen and oxygen atoms in total. The Morgan fingerprint density at radius 1 is 1.06 bits per heavy atom. The highest BCUT2D eigenvalue weighted by Crippen LogP contribution is 2.32. The van der Waals surface area contributed by atoms with Crippen LogP contribution in [0.15, 0.2) is 65.8 Å². The SMILES string of the molecule is O=C1CCN(c2cnc3c(c2)c(-c2ccn(Cc4cccc(Cl)c4)c(=O)c2)cn3S)CC1. The molecule has 4 aromatic rings. The van der Waals surface area contributed by atoms with Gasteiger partial charge in [-0.05, 0) is 35.4 Å². The number of nitrogens with zero attached hydrogens (tertiary/aromatic N) is 4. The van der Waals surface area contributed by atoms with E-state index < -0.39 is 0 Å². The lowest BCUT2D eigenvalue weighted by Crippen LogP contribution is -2.33. The summed E-state index contributed by atoms with van der Waals surface area (Å²) < 4.78 is 3.33. The Kier molecular flexibility index (Phi) is 5.53. The Bertz CT molecular complexity index is 1380. The fourth-order valence-corrected chi connectivity index (χ4v) is 4.62. The molecule has 1 aromatic carbocycles. The highest BCUT2D eigenvalue weighted by Gasteiger charge is 2.19. The summed E-state index contributed by atoms with van der Waals surface area (Å²) in [5.74, 6) is 0.302. The van der Waals surface area contributed by atoms with E-state index in [0.717, 1.165) is 33.4 Å². The van der Waals surface area contributed by atoms with Crippen molar-refractivity contribution in [3.8, 4) is 11.1 Å². The number of rotatable bonds is 4. The summed E-state index contributed by atoms with van der Waals surface area (Å²) in [4.78, 5) is 31.2. The van der Waals surface area contributed by atoms with Crippen LogP contribution in [0.25, 0.3) is 22.2 Å². The van der Waals surface area contributed by atoms with E-state index in [1.807, 2.05) is 42.7 Å². The van der Waals surface area contributed by atoms with E-state index in [1.165, 1.54) is 0 Å². The van der Waals surface area contributed by atoms with Gasteiger partial charge in [0.1, 0.15) is 5.78 Å². The molecule has 3 aromatic heterocycles. The number of hydrogen-bond donors (Lipinski definition) is 1. The van der Waals surface area contributed by atoms with E-state index in [0.29, 0.717) is 43.3 Å². The maximum Gasteiger partial charge on any atom is 0.251 e. The Morgan fingerprint density at radius 2 is 1.88 bits per heavy atom. The van der Waals surface area contributed by atoms with Crippen molar-refractivity contribution >= 4 is 46.9 Å². The van der Waals surface area contributed by atoms with Crippen LogP contribution in [0.1, 0.15) is 18.4 Å². The molecule has 0 N–H and O–H groups in total. The van der Waals surface area contributed by atoms with Crippen molar-refractivity contribution in [1.82, 2.24) is 13.5 Å². The molecule has 1 saturated heterocycles. The van der Waals surface area contributed by atoms with Crippen LogP contribution in [0.5, 0.6) is 0 Å². The van der Waals surface area contributed by atoms with Crippen LogP contribution in [0, 0.1) is 0 Å². The first-order valence-corrected chi connectivity index (χ1v) is 11.2. The van der Waals surface area contributed by atoms with Crippen LogP contribution in [0.2, 0.25) is 5.02 Å². The first-order valence-electron chi connectivity index (χ1n) is 10.4. The molecule has 1 aliphatic rings. The standard InChI is InChI=1S/C24H21ClN4O2S/c25-18-3-1-2-16(10-18)14-28-7-4-17(11-23(28)31)22-15-29(32)24-21(22)12-19(13-26-24)27-8-5-20(30)6-9-27/h1-4,7,10-13,15,32H,5-6,8-9,14H2. The van der Waals surface area contributed by atoms with E-state index in [9.17, 15) is 9.59 Å². The van der Waals surface area contributed by atoms with Crippen molar-refractivity contribution in [3.05, 3.63) is 82.0 Å². The van der Waals surface area contributed by atoms with E-state index in [-0.39, 0.29) is 5.56 Å². The average Bonchev–Trinajstić information content (AvgIpc) is 3.12. The maximum atomic E-state index is 12.8. The summed E-state index contributed by atoms with van der Waals surface area (Å²) >= 11 is 10.6. The van der Waals surface area contributed by atoms with Gasteiger partial charge in [-0.3, -0.25) is 13.6 Å². The quantitative estimate of drug-likeness (QED) is 0.454. The minimum Gasteiger partial charge on any atom is -0.369 e. The number of carbonyl (C=O) groups excluding carboxylic acids is 1. The number of aromatic nitrogens is 3. The van der Waals surface area contributed by atoms with Crippen molar-refractivity contribution in [1.29, 1.82) is 0 Å². The second-order valence-corrected chi connectivity index (χ2v) is 8.86. The number of thiol groups is 1. The largest absolute Gasteiger partial charge is 0.369 e. The Labute approximate surface area is 195 Å². The number of carbonyl (C=O) groups is 1. The number of halogens is 1. The fourth-order valence-electron chi connectivity index (χ4n) is 4.14. The third kappa shape index (κ3) is 4.06. The fraction of sp³-hybridized carbons (Fsp3) is 0.208. The van der Waals surface area contributed by atoms with Gasteiger partial charge in [0.25, 0.3) is 5.56 Å². The lowest BCUT2D eigenvalue weighted by molar-refractivity contribution is -0.119. The Hall–Kier alpha value is -3.03. The second kappa shape index (κ2) is 8.48. The molecule has 32 heavy (non-hydrogen) atoms. The van der Waals surface area contributed by atoms with Crippen molar-refractivity contribution < 1.29 is 4.79 Å². The molecule has 0 amide bonds. The van der Waals surface area contributed by atoms with Crippen molar-refractivity contribution in [2.24, 2.45) is 0 Å². The van der Waals surface area contributed by atoms with E-state index in [1.54, 1.807) is 20.8 Å². The van der Waals surface area contributed by atoms with E-state index in [2.05, 4.69) is 28.8 Å². The monoisotopic (exact) mass is 464 g/mol. The van der Waals surface area contributed by atoms with Crippen LogP contribution in [-0.2, 0) is 11.3 Å². The summed E-state index contributed by atoms with van der Waals surface area (Å²) in [6, 6.07) is 13.1. The molecular weight excluding hydrogens is 444 g/mol. The number of fused-ring (bicyclic) bond motifs is 1. The molecule has 0 bridgehead atoms. The van der Waals surface area contributed by atoms with Gasteiger partial charge in [-0.1, -0.05) is 36.5 Å². The molecule has 0 radical (unpaired) electrons. The summed E-state index contributed by atoms with van der Waals surface area (Å²) in [7, 11) is 0. The van der Waals surface area contributed by atoms with Gasteiger partial charge in [0, 0.05) is 60.4 Å². The lowest BCUT2D eigenvalue weighted by Gasteiger charge is -2.27. The van der Waals surface area contributed by atoms with Crippen LogP contribution in [0.3, 0.4) is 0 Å². The normalized spacial score (nSPS) is 14.3. The first kappa shape index (κ1) is 20.8. The summed E-state index contributed by atoms with van der Waals surface area (Å²) in [5.41, 5.74) is 4.27. The van der Waals surface area contributed by atoms with Crippen molar-refractivity contribution in [3.63, 3.8) is 0 Å². The third-order valence-corrected chi connectivity index (χ3v) is 6.39.